The highest BCUT2D eigenvalue weighted by molar-refractivity contribution is 5.81. The van der Waals surface area contributed by atoms with E-state index in [0.29, 0.717) is 6.42 Å². The minimum atomic E-state index is -0.474. The van der Waals surface area contributed by atoms with Crippen LogP contribution in [0.2, 0.25) is 0 Å². The summed E-state index contributed by atoms with van der Waals surface area (Å²) < 4.78 is 5.95. The molecule has 0 saturated heterocycles. The highest BCUT2D eigenvalue weighted by atomic mass is 16.5. The van der Waals surface area contributed by atoms with Crippen molar-refractivity contribution in [3.05, 3.63) is 64.7 Å². The first-order valence-corrected chi connectivity index (χ1v) is 9.23. The molecule has 3 rings (SSSR count). The van der Waals surface area contributed by atoms with Crippen LogP contribution in [0.25, 0.3) is 0 Å². The van der Waals surface area contributed by atoms with Crippen LogP contribution in [0.15, 0.2) is 42.5 Å². The molecule has 0 aromatic heterocycles. The van der Waals surface area contributed by atoms with E-state index in [-0.39, 0.29) is 11.9 Å². The number of para-hydroxylation sites is 1. The van der Waals surface area contributed by atoms with E-state index in [9.17, 15) is 4.79 Å². The normalized spacial score (nSPS) is 15.3. The molecule has 0 spiro atoms. The van der Waals surface area contributed by atoms with Crippen molar-refractivity contribution in [2.24, 2.45) is 0 Å². The second-order valence-electron chi connectivity index (χ2n) is 6.89. The van der Waals surface area contributed by atoms with Crippen molar-refractivity contribution < 1.29 is 9.53 Å². The molecule has 1 N–H and O–H groups in total. The van der Waals surface area contributed by atoms with Crippen molar-refractivity contribution >= 4 is 5.91 Å². The van der Waals surface area contributed by atoms with E-state index < -0.39 is 6.10 Å². The largest absolute Gasteiger partial charge is 0.480 e. The standard InChI is InChI=1S/C22H27NO2/c1-4-20(25-21-11-6-5-8-15(21)2)22(24)23-16(3)18-13-12-17-9-7-10-19(17)14-18/h5-6,8,11-14,16,20H,4,7,9-10H2,1-3H3,(H,23,24)/t16-,20+/m0/s1. The Labute approximate surface area is 150 Å². The van der Waals surface area contributed by atoms with Gasteiger partial charge in [0.05, 0.1) is 6.04 Å². The Morgan fingerprint density at radius 2 is 1.92 bits per heavy atom. The van der Waals surface area contributed by atoms with Crippen LogP contribution < -0.4 is 10.1 Å². The Balaban J connectivity index is 1.66. The zero-order chi connectivity index (χ0) is 17.8. The van der Waals surface area contributed by atoms with Gasteiger partial charge in [-0.05, 0) is 67.9 Å². The fraction of sp³-hybridized carbons (Fsp3) is 0.409. The van der Waals surface area contributed by atoms with Crippen LogP contribution in [-0.4, -0.2) is 12.0 Å². The first-order chi connectivity index (χ1) is 12.1. The van der Waals surface area contributed by atoms with E-state index in [2.05, 4.69) is 23.5 Å². The summed E-state index contributed by atoms with van der Waals surface area (Å²) in [6, 6.07) is 14.4. The molecule has 0 heterocycles. The monoisotopic (exact) mass is 337 g/mol. The molecule has 1 aliphatic rings. The lowest BCUT2D eigenvalue weighted by molar-refractivity contribution is -0.128. The van der Waals surface area contributed by atoms with Gasteiger partial charge in [-0.2, -0.15) is 0 Å². The van der Waals surface area contributed by atoms with Gasteiger partial charge in [0, 0.05) is 0 Å². The van der Waals surface area contributed by atoms with Gasteiger partial charge in [0.25, 0.3) is 5.91 Å². The molecule has 0 fully saturated rings. The lowest BCUT2D eigenvalue weighted by Crippen LogP contribution is -2.39. The zero-order valence-electron chi connectivity index (χ0n) is 15.3. The predicted molar refractivity (Wildman–Crippen MR) is 101 cm³/mol. The van der Waals surface area contributed by atoms with E-state index in [4.69, 9.17) is 4.74 Å². The summed E-state index contributed by atoms with van der Waals surface area (Å²) in [5.74, 6) is 0.716. The van der Waals surface area contributed by atoms with E-state index >= 15 is 0 Å². The van der Waals surface area contributed by atoms with E-state index in [1.807, 2.05) is 45.0 Å². The highest BCUT2D eigenvalue weighted by Crippen LogP contribution is 2.25. The number of nitrogens with one attached hydrogen (secondary N) is 1. The van der Waals surface area contributed by atoms with E-state index in [0.717, 1.165) is 17.7 Å². The van der Waals surface area contributed by atoms with Gasteiger partial charge in [-0.25, -0.2) is 0 Å². The molecule has 0 bridgehead atoms. The van der Waals surface area contributed by atoms with Crippen molar-refractivity contribution in [3.63, 3.8) is 0 Å². The number of aryl methyl sites for hydroxylation is 3. The third kappa shape index (κ3) is 4.04. The Bertz CT molecular complexity index is 753. The Morgan fingerprint density at radius 1 is 1.16 bits per heavy atom. The van der Waals surface area contributed by atoms with Crippen LogP contribution in [0.4, 0.5) is 0 Å². The third-order valence-electron chi connectivity index (χ3n) is 5.01. The summed E-state index contributed by atoms with van der Waals surface area (Å²) in [6.07, 6.45) is 3.73. The Hall–Kier alpha value is -2.29. The van der Waals surface area contributed by atoms with Gasteiger partial charge >= 0.3 is 0 Å². The van der Waals surface area contributed by atoms with Crippen molar-refractivity contribution in [1.82, 2.24) is 5.32 Å². The third-order valence-corrected chi connectivity index (χ3v) is 5.01. The van der Waals surface area contributed by atoms with Gasteiger partial charge in [0.1, 0.15) is 5.75 Å². The Kier molecular flexibility index (Phi) is 5.42. The number of fused-ring (bicyclic) bond motifs is 1. The van der Waals surface area contributed by atoms with Crippen LogP contribution in [-0.2, 0) is 17.6 Å². The van der Waals surface area contributed by atoms with Gasteiger partial charge in [-0.1, -0.05) is 43.3 Å². The predicted octanol–water partition coefficient (Wildman–Crippen LogP) is 4.52. The number of rotatable bonds is 6. The lowest BCUT2D eigenvalue weighted by Gasteiger charge is -2.22. The number of hydrogen-bond acceptors (Lipinski definition) is 2. The quantitative estimate of drug-likeness (QED) is 0.842. The van der Waals surface area contributed by atoms with Gasteiger partial charge in [-0.3, -0.25) is 4.79 Å². The maximum Gasteiger partial charge on any atom is 0.261 e. The van der Waals surface area contributed by atoms with Crippen molar-refractivity contribution in [3.8, 4) is 5.75 Å². The summed E-state index contributed by atoms with van der Waals surface area (Å²) in [5, 5.41) is 3.11. The zero-order valence-corrected chi connectivity index (χ0v) is 15.3. The fourth-order valence-corrected chi connectivity index (χ4v) is 3.41. The van der Waals surface area contributed by atoms with Crippen LogP contribution in [0.3, 0.4) is 0 Å². The Morgan fingerprint density at radius 3 is 2.68 bits per heavy atom. The smallest absolute Gasteiger partial charge is 0.261 e. The molecule has 0 saturated carbocycles. The summed E-state index contributed by atoms with van der Waals surface area (Å²) >= 11 is 0. The first-order valence-electron chi connectivity index (χ1n) is 9.23. The molecule has 1 amide bonds. The van der Waals surface area contributed by atoms with Gasteiger partial charge in [0.15, 0.2) is 6.10 Å². The molecule has 3 heteroatoms. The highest BCUT2D eigenvalue weighted by Gasteiger charge is 2.22. The number of ether oxygens (including phenoxy) is 1. The molecular weight excluding hydrogens is 310 g/mol. The summed E-state index contributed by atoms with van der Waals surface area (Å²) in [4.78, 5) is 12.7. The number of carbonyl (C=O) groups excluding carboxylic acids is 1. The van der Waals surface area contributed by atoms with E-state index in [1.165, 1.54) is 29.5 Å². The van der Waals surface area contributed by atoms with Crippen molar-refractivity contribution in [2.45, 2.75) is 58.6 Å². The molecule has 0 unspecified atom stereocenters. The molecule has 25 heavy (non-hydrogen) atoms. The van der Waals surface area contributed by atoms with Gasteiger partial charge in [-0.15, -0.1) is 0 Å². The molecular formula is C22H27NO2. The average molecular weight is 337 g/mol. The van der Waals surface area contributed by atoms with Gasteiger partial charge < -0.3 is 10.1 Å². The fourth-order valence-electron chi connectivity index (χ4n) is 3.41. The van der Waals surface area contributed by atoms with Crippen LogP contribution in [0.1, 0.15) is 55.0 Å². The first kappa shape index (κ1) is 17.5. The van der Waals surface area contributed by atoms with Crippen molar-refractivity contribution in [2.75, 3.05) is 0 Å². The molecule has 2 atom stereocenters. The average Bonchev–Trinajstić information content (AvgIpc) is 3.08. The maximum absolute atomic E-state index is 12.7. The number of carbonyl (C=O) groups is 1. The number of benzene rings is 2. The minimum Gasteiger partial charge on any atom is -0.480 e. The number of amides is 1. The summed E-state index contributed by atoms with van der Waals surface area (Å²) in [5.41, 5.74) is 5.10. The molecule has 1 aliphatic carbocycles. The molecule has 3 nitrogen and oxygen atoms in total. The van der Waals surface area contributed by atoms with Crippen LogP contribution in [0.5, 0.6) is 5.75 Å². The lowest BCUT2D eigenvalue weighted by atomic mass is 10.0. The molecule has 0 aliphatic heterocycles. The van der Waals surface area contributed by atoms with Crippen LogP contribution in [0, 0.1) is 6.92 Å². The minimum absolute atomic E-state index is 0.0204. The topological polar surface area (TPSA) is 38.3 Å². The maximum atomic E-state index is 12.7. The summed E-state index contributed by atoms with van der Waals surface area (Å²) in [7, 11) is 0. The van der Waals surface area contributed by atoms with E-state index in [1.54, 1.807) is 0 Å². The molecule has 2 aromatic rings. The SMILES string of the molecule is CC[C@@H](Oc1ccccc1C)C(=O)N[C@@H](C)c1ccc2c(c1)CCC2. The number of hydrogen-bond donors (Lipinski definition) is 1. The second-order valence-corrected chi connectivity index (χ2v) is 6.89. The molecule has 0 radical (unpaired) electrons. The second kappa shape index (κ2) is 7.73. The molecule has 2 aromatic carbocycles. The molecule has 132 valence electrons. The summed E-state index contributed by atoms with van der Waals surface area (Å²) in [6.45, 7) is 6.00. The van der Waals surface area contributed by atoms with Crippen molar-refractivity contribution in [1.29, 1.82) is 0 Å². The van der Waals surface area contributed by atoms with Gasteiger partial charge in [0.2, 0.25) is 0 Å². The van der Waals surface area contributed by atoms with Crippen LogP contribution >= 0.6 is 0 Å².